The summed E-state index contributed by atoms with van der Waals surface area (Å²) in [4.78, 5) is 24.8. The van der Waals surface area contributed by atoms with Gasteiger partial charge in [-0.1, -0.05) is 30.3 Å². The molecule has 7 nitrogen and oxygen atoms in total. The van der Waals surface area contributed by atoms with Crippen molar-refractivity contribution in [3.63, 3.8) is 0 Å². The van der Waals surface area contributed by atoms with Crippen molar-refractivity contribution in [3.8, 4) is 5.88 Å². The van der Waals surface area contributed by atoms with E-state index in [1.54, 1.807) is 37.5 Å². The molecule has 3 rings (SSSR count). The zero-order valence-corrected chi connectivity index (χ0v) is 16.0. The number of hydrogen-bond donors (Lipinski definition) is 2. The SMILES string of the molecule is COc1nn(C)cc1C(=O)Nc1ccc(C(=O)N[C@H](C)c2ccccc2)cc1. The zero-order chi connectivity index (χ0) is 20.1. The van der Waals surface area contributed by atoms with Crippen LogP contribution >= 0.6 is 0 Å². The Morgan fingerprint density at radius 2 is 1.71 bits per heavy atom. The summed E-state index contributed by atoms with van der Waals surface area (Å²) in [6, 6.07) is 16.3. The van der Waals surface area contributed by atoms with Crippen molar-refractivity contribution in [2.45, 2.75) is 13.0 Å². The fraction of sp³-hybridized carbons (Fsp3) is 0.190. The monoisotopic (exact) mass is 378 g/mol. The van der Waals surface area contributed by atoms with Gasteiger partial charge < -0.3 is 15.4 Å². The number of nitrogens with one attached hydrogen (secondary N) is 2. The summed E-state index contributed by atoms with van der Waals surface area (Å²) < 4.78 is 6.61. The van der Waals surface area contributed by atoms with Crippen molar-refractivity contribution in [1.82, 2.24) is 15.1 Å². The molecule has 0 fully saturated rings. The highest BCUT2D eigenvalue weighted by Gasteiger charge is 2.17. The summed E-state index contributed by atoms with van der Waals surface area (Å²) in [6.45, 7) is 1.93. The lowest BCUT2D eigenvalue weighted by Gasteiger charge is -2.14. The van der Waals surface area contributed by atoms with E-state index in [-0.39, 0.29) is 23.7 Å². The van der Waals surface area contributed by atoms with E-state index < -0.39 is 0 Å². The summed E-state index contributed by atoms with van der Waals surface area (Å²) >= 11 is 0. The molecule has 0 radical (unpaired) electrons. The van der Waals surface area contributed by atoms with Gasteiger partial charge in [-0.15, -0.1) is 5.10 Å². The van der Waals surface area contributed by atoms with Crippen molar-refractivity contribution in [2.24, 2.45) is 7.05 Å². The molecular weight excluding hydrogens is 356 g/mol. The maximum absolute atomic E-state index is 12.4. The lowest BCUT2D eigenvalue weighted by Crippen LogP contribution is -2.26. The third-order valence-electron chi connectivity index (χ3n) is 4.29. The maximum Gasteiger partial charge on any atom is 0.262 e. The molecule has 0 unspecified atom stereocenters. The first-order chi connectivity index (χ1) is 13.5. The molecule has 0 aliphatic carbocycles. The molecule has 0 aliphatic heterocycles. The highest BCUT2D eigenvalue weighted by molar-refractivity contribution is 6.06. The highest BCUT2D eigenvalue weighted by Crippen LogP contribution is 2.18. The standard InChI is InChI=1S/C21H22N4O3/c1-14(15-7-5-4-6-8-15)22-19(26)16-9-11-17(12-10-16)23-20(27)18-13-25(2)24-21(18)28-3/h4-14H,1-3H3,(H,22,26)(H,23,27)/t14-/m1/s1. The molecular formula is C21H22N4O3. The second-order valence-electron chi connectivity index (χ2n) is 6.36. The topological polar surface area (TPSA) is 85.2 Å². The van der Waals surface area contributed by atoms with E-state index >= 15 is 0 Å². The van der Waals surface area contributed by atoms with Crippen LogP contribution in [-0.4, -0.2) is 28.7 Å². The number of amides is 2. The minimum absolute atomic E-state index is 0.105. The number of carbonyl (C=O) groups is 2. The number of aromatic nitrogens is 2. The summed E-state index contributed by atoms with van der Waals surface area (Å²) in [5, 5.41) is 9.80. The van der Waals surface area contributed by atoms with E-state index in [1.807, 2.05) is 37.3 Å². The Kier molecular flexibility index (Phi) is 5.74. The van der Waals surface area contributed by atoms with Gasteiger partial charge in [0.25, 0.3) is 11.8 Å². The van der Waals surface area contributed by atoms with Crippen LogP contribution in [0.2, 0.25) is 0 Å². The van der Waals surface area contributed by atoms with Crippen LogP contribution in [0.25, 0.3) is 0 Å². The van der Waals surface area contributed by atoms with E-state index in [0.29, 0.717) is 16.8 Å². The number of anilines is 1. The molecule has 0 spiro atoms. The number of aryl methyl sites for hydroxylation is 1. The quantitative estimate of drug-likeness (QED) is 0.690. The number of nitrogens with zero attached hydrogens (tertiary/aromatic N) is 2. The van der Waals surface area contributed by atoms with Crippen LogP contribution in [-0.2, 0) is 7.05 Å². The lowest BCUT2D eigenvalue weighted by atomic mass is 10.1. The van der Waals surface area contributed by atoms with Gasteiger partial charge in [0.15, 0.2) is 0 Å². The van der Waals surface area contributed by atoms with E-state index in [1.165, 1.54) is 11.8 Å². The third kappa shape index (κ3) is 4.37. The Morgan fingerprint density at radius 1 is 1.04 bits per heavy atom. The van der Waals surface area contributed by atoms with E-state index in [0.717, 1.165) is 5.56 Å². The number of rotatable bonds is 6. The average Bonchev–Trinajstić information content (AvgIpc) is 3.10. The second kappa shape index (κ2) is 8.39. The van der Waals surface area contributed by atoms with Gasteiger partial charge in [-0.2, -0.15) is 0 Å². The highest BCUT2D eigenvalue weighted by atomic mass is 16.5. The van der Waals surface area contributed by atoms with Gasteiger partial charge in [0, 0.05) is 24.5 Å². The van der Waals surface area contributed by atoms with E-state index in [4.69, 9.17) is 4.74 Å². The molecule has 0 aliphatic rings. The van der Waals surface area contributed by atoms with Gasteiger partial charge in [-0.05, 0) is 36.8 Å². The molecule has 2 aromatic carbocycles. The van der Waals surface area contributed by atoms with Crippen LogP contribution in [0.1, 0.15) is 39.2 Å². The Labute approximate surface area is 163 Å². The van der Waals surface area contributed by atoms with Crippen molar-refractivity contribution in [2.75, 3.05) is 12.4 Å². The second-order valence-corrected chi connectivity index (χ2v) is 6.36. The predicted molar refractivity (Wildman–Crippen MR) is 106 cm³/mol. The van der Waals surface area contributed by atoms with E-state index in [2.05, 4.69) is 15.7 Å². The molecule has 0 saturated carbocycles. The van der Waals surface area contributed by atoms with Crippen LogP contribution < -0.4 is 15.4 Å². The Hall–Kier alpha value is -3.61. The molecule has 0 saturated heterocycles. The number of ether oxygens (including phenoxy) is 1. The Morgan fingerprint density at radius 3 is 2.36 bits per heavy atom. The van der Waals surface area contributed by atoms with Gasteiger partial charge >= 0.3 is 0 Å². The summed E-state index contributed by atoms with van der Waals surface area (Å²) in [6.07, 6.45) is 1.58. The molecule has 7 heteroatoms. The number of methoxy groups -OCH3 is 1. The molecule has 28 heavy (non-hydrogen) atoms. The molecule has 3 aromatic rings. The normalized spacial score (nSPS) is 11.5. The van der Waals surface area contributed by atoms with Crippen molar-refractivity contribution < 1.29 is 14.3 Å². The van der Waals surface area contributed by atoms with Gasteiger partial charge in [-0.25, -0.2) is 0 Å². The van der Waals surface area contributed by atoms with Crippen LogP contribution in [0.3, 0.4) is 0 Å². The van der Waals surface area contributed by atoms with Gasteiger partial charge in [-0.3, -0.25) is 14.3 Å². The van der Waals surface area contributed by atoms with Crippen LogP contribution in [0, 0.1) is 0 Å². The summed E-state index contributed by atoms with van der Waals surface area (Å²) in [7, 11) is 3.17. The first kappa shape index (κ1) is 19.2. The maximum atomic E-state index is 12.4. The van der Waals surface area contributed by atoms with Gasteiger partial charge in [0.2, 0.25) is 5.88 Å². The molecule has 1 aromatic heterocycles. The molecule has 2 N–H and O–H groups in total. The molecule has 2 amide bonds. The minimum Gasteiger partial charge on any atom is -0.479 e. The van der Waals surface area contributed by atoms with Gasteiger partial charge in [0.1, 0.15) is 5.56 Å². The summed E-state index contributed by atoms with van der Waals surface area (Å²) in [5.74, 6) is -0.256. The first-order valence-corrected chi connectivity index (χ1v) is 8.83. The fourth-order valence-corrected chi connectivity index (χ4v) is 2.78. The number of hydrogen-bond acceptors (Lipinski definition) is 4. The number of carbonyl (C=O) groups excluding carboxylic acids is 2. The third-order valence-corrected chi connectivity index (χ3v) is 4.29. The first-order valence-electron chi connectivity index (χ1n) is 8.83. The van der Waals surface area contributed by atoms with Crippen molar-refractivity contribution in [3.05, 3.63) is 77.5 Å². The summed E-state index contributed by atoms with van der Waals surface area (Å²) in [5.41, 5.74) is 2.46. The number of benzene rings is 2. The fourth-order valence-electron chi connectivity index (χ4n) is 2.78. The van der Waals surface area contributed by atoms with Gasteiger partial charge in [0.05, 0.1) is 13.2 Å². The van der Waals surface area contributed by atoms with Crippen LogP contribution in [0.15, 0.2) is 60.8 Å². The van der Waals surface area contributed by atoms with Crippen molar-refractivity contribution >= 4 is 17.5 Å². The largest absolute Gasteiger partial charge is 0.479 e. The van der Waals surface area contributed by atoms with E-state index in [9.17, 15) is 9.59 Å². The smallest absolute Gasteiger partial charge is 0.262 e. The molecule has 0 bridgehead atoms. The van der Waals surface area contributed by atoms with Crippen LogP contribution in [0.4, 0.5) is 5.69 Å². The molecule has 144 valence electrons. The minimum atomic E-state index is -0.333. The lowest BCUT2D eigenvalue weighted by molar-refractivity contribution is 0.0939. The molecule has 1 atom stereocenters. The Bertz CT molecular complexity index is 965. The zero-order valence-electron chi connectivity index (χ0n) is 16.0. The molecule has 1 heterocycles. The average molecular weight is 378 g/mol. The Balaban J connectivity index is 1.64. The van der Waals surface area contributed by atoms with Crippen molar-refractivity contribution in [1.29, 1.82) is 0 Å². The predicted octanol–water partition coefficient (Wildman–Crippen LogP) is 3.17. The van der Waals surface area contributed by atoms with Crippen LogP contribution in [0.5, 0.6) is 5.88 Å².